The van der Waals surface area contributed by atoms with E-state index in [2.05, 4.69) is 4.90 Å². The molecule has 0 amide bonds. The topological polar surface area (TPSA) is 66.6 Å². The Labute approximate surface area is 88.3 Å². The molecule has 0 atom stereocenters. The van der Waals surface area contributed by atoms with Crippen LogP contribution in [0.3, 0.4) is 0 Å². The van der Waals surface area contributed by atoms with E-state index in [9.17, 15) is 4.79 Å². The number of carboxylic acids is 1. The minimum atomic E-state index is -0.892. The van der Waals surface area contributed by atoms with Gasteiger partial charge in [-0.3, -0.25) is 0 Å². The summed E-state index contributed by atoms with van der Waals surface area (Å²) in [6, 6.07) is 4.95. The number of nitrogens with two attached hydrogens (primary N) is 1. The number of aromatic carboxylic acids is 1. The molecule has 0 unspecified atom stereocenters. The molecular weight excluding hydrogens is 192 g/mol. The molecule has 0 bridgehead atoms. The lowest BCUT2D eigenvalue weighted by atomic mass is 10.1. The van der Waals surface area contributed by atoms with Gasteiger partial charge in [0.1, 0.15) is 0 Å². The van der Waals surface area contributed by atoms with Gasteiger partial charge in [0.05, 0.1) is 11.3 Å². The van der Waals surface area contributed by atoms with Crippen LogP contribution in [0.2, 0.25) is 0 Å². The van der Waals surface area contributed by atoms with Gasteiger partial charge in [-0.05, 0) is 31.0 Å². The van der Waals surface area contributed by atoms with Gasteiger partial charge in [0, 0.05) is 18.8 Å². The fourth-order valence-corrected chi connectivity index (χ4v) is 1.95. The Hall–Kier alpha value is -1.71. The van der Waals surface area contributed by atoms with Crippen LogP contribution in [0, 0.1) is 0 Å². The summed E-state index contributed by atoms with van der Waals surface area (Å²) in [7, 11) is 0. The molecule has 4 nitrogen and oxygen atoms in total. The van der Waals surface area contributed by atoms with Gasteiger partial charge in [-0.1, -0.05) is 0 Å². The number of nitrogen functional groups attached to an aromatic ring is 1. The molecule has 3 N–H and O–H groups in total. The first kappa shape index (κ1) is 9.83. The minimum absolute atomic E-state index is 0.339. The van der Waals surface area contributed by atoms with Crippen molar-refractivity contribution < 1.29 is 9.90 Å². The summed E-state index contributed by atoms with van der Waals surface area (Å²) in [5, 5.41) is 9.05. The van der Waals surface area contributed by atoms with Crippen LogP contribution in [-0.2, 0) is 0 Å². The summed E-state index contributed by atoms with van der Waals surface area (Å²) in [5.74, 6) is -0.892. The van der Waals surface area contributed by atoms with E-state index in [1.165, 1.54) is 0 Å². The average Bonchev–Trinajstić information content (AvgIpc) is 2.69. The summed E-state index contributed by atoms with van der Waals surface area (Å²) in [4.78, 5) is 13.1. The van der Waals surface area contributed by atoms with Crippen LogP contribution in [0.25, 0.3) is 0 Å². The third-order valence-corrected chi connectivity index (χ3v) is 2.70. The molecule has 80 valence electrons. The zero-order chi connectivity index (χ0) is 10.8. The molecule has 2 rings (SSSR count). The van der Waals surface area contributed by atoms with Crippen LogP contribution in [0.15, 0.2) is 18.2 Å². The molecule has 1 aliphatic heterocycles. The van der Waals surface area contributed by atoms with Crippen molar-refractivity contribution >= 4 is 17.3 Å². The largest absolute Gasteiger partial charge is 0.478 e. The smallest absolute Gasteiger partial charge is 0.337 e. The lowest BCUT2D eigenvalue weighted by Crippen LogP contribution is -2.20. The van der Waals surface area contributed by atoms with Crippen molar-refractivity contribution in [3.63, 3.8) is 0 Å². The number of nitrogens with zero attached hydrogens (tertiary/aromatic N) is 1. The molecule has 0 aliphatic carbocycles. The number of carbonyl (C=O) groups is 1. The molecule has 15 heavy (non-hydrogen) atoms. The summed E-state index contributed by atoms with van der Waals surface area (Å²) < 4.78 is 0. The predicted octanol–water partition coefficient (Wildman–Crippen LogP) is 1.57. The van der Waals surface area contributed by atoms with E-state index >= 15 is 0 Å². The van der Waals surface area contributed by atoms with E-state index in [0.29, 0.717) is 11.3 Å². The molecule has 0 saturated carbocycles. The second-order valence-corrected chi connectivity index (χ2v) is 3.78. The van der Waals surface area contributed by atoms with E-state index in [1.807, 2.05) is 0 Å². The van der Waals surface area contributed by atoms with Crippen molar-refractivity contribution in [1.82, 2.24) is 0 Å². The van der Waals surface area contributed by atoms with E-state index in [1.54, 1.807) is 18.2 Å². The highest BCUT2D eigenvalue weighted by Crippen LogP contribution is 2.26. The Balaban J connectivity index is 2.41. The number of benzene rings is 1. The molecule has 1 aromatic carbocycles. The average molecular weight is 206 g/mol. The first-order valence-corrected chi connectivity index (χ1v) is 5.06. The van der Waals surface area contributed by atoms with Crippen molar-refractivity contribution in [3.05, 3.63) is 23.8 Å². The molecular formula is C11H14N2O2. The first-order chi connectivity index (χ1) is 7.18. The molecule has 0 radical (unpaired) electrons. The van der Waals surface area contributed by atoms with Gasteiger partial charge >= 0.3 is 5.97 Å². The third kappa shape index (κ3) is 1.88. The Kier molecular flexibility index (Phi) is 2.49. The Morgan fingerprint density at radius 3 is 2.60 bits per heavy atom. The maximum Gasteiger partial charge on any atom is 0.337 e. The maximum absolute atomic E-state index is 11.0. The van der Waals surface area contributed by atoms with E-state index in [0.717, 1.165) is 31.6 Å². The van der Waals surface area contributed by atoms with E-state index in [-0.39, 0.29) is 0 Å². The molecule has 1 heterocycles. The second kappa shape index (κ2) is 3.81. The van der Waals surface area contributed by atoms with Gasteiger partial charge in [0.25, 0.3) is 0 Å². The highest BCUT2D eigenvalue weighted by Gasteiger charge is 2.18. The van der Waals surface area contributed by atoms with Crippen molar-refractivity contribution in [2.45, 2.75) is 12.8 Å². The fraction of sp³-hybridized carbons (Fsp3) is 0.364. The van der Waals surface area contributed by atoms with Crippen LogP contribution in [-0.4, -0.2) is 24.2 Å². The van der Waals surface area contributed by atoms with Gasteiger partial charge in [0.15, 0.2) is 0 Å². The Morgan fingerprint density at radius 1 is 1.33 bits per heavy atom. The molecule has 1 aromatic rings. The van der Waals surface area contributed by atoms with Gasteiger partial charge in [-0.2, -0.15) is 0 Å². The van der Waals surface area contributed by atoms with E-state index in [4.69, 9.17) is 10.8 Å². The number of anilines is 2. The molecule has 0 spiro atoms. The predicted molar refractivity (Wildman–Crippen MR) is 59.3 cm³/mol. The lowest BCUT2D eigenvalue weighted by Gasteiger charge is -2.20. The molecule has 1 aliphatic rings. The quantitative estimate of drug-likeness (QED) is 0.721. The van der Waals surface area contributed by atoms with Crippen molar-refractivity contribution in [2.24, 2.45) is 0 Å². The Bertz CT molecular complexity index is 384. The van der Waals surface area contributed by atoms with Crippen molar-refractivity contribution in [3.8, 4) is 0 Å². The monoisotopic (exact) mass is 206 g/mol. The van der Waals surface area contributed by atoms with Crippen LogP contribution < -0.4 is 10.6 Å². The fourth-order valence-electron chi connectivity index (χ4n) is 1.95. The summed E-state index contributed by atoms with van der Waals surface area (Å²) in [6.45, 7) is 1.84. The van der Waals surface area contributed by atoms with Gasteiger partial charge < -0.3 is 15.7 Å². The summed E-state index contributed by atoms with van der Waals surface area (Å²) in [5.41, 5.74) is 7.38. The van der Waals surface area contributed by atoms with Crippen LogP contribution in [0.4, 0.5) is 11.4 Å². The van der Waals surface area contributed by atoms with Crippen molar-refractivity contribution in [1.29, 1.82) is 0 Å². The van der Waals surface area contributed by atoms with Gasteiger partial charge in [-0.25, -0.2) is 4.79 Å². The van der Waals surface area contributed by atoms with Gasteiger partial charge in [-0.15, -0.1) is 0 Å². The molecule has 4 heteroatoms. The summed E-state index contributed by atoms with van der Waals surface area (Å²) in [6.07, 6.45) is 2.24. The van der Waals surface area contributed by atoms with Gasteiger partial charge in [0.2, 0.25) is 0 Å². The van der Waals surface area contributed by atoms with Crippen LogP contribution in [0.5, 0.6) is 0 Å². The SMILES string of the molecule is Nc1ccc(C(=O)O)c(N2CCCC2)c1. The molecule has 0 aromatic heterocycles. The zero-order valence-electron chi connectivity index (χ0n) is 8.44. The zero-order valence-corrected chi connectivity index (χ0v) is 8.44. The first-order valence-electron chi connectivity index (χ1n) is 5.06. The normalized spacial score (nSPS) is 15.6. The number of carboxylic acid groups (broad SMARTS) is 1. The Morgan fingerprint density at radius 2 is 2.00 bits per heavy atom. The number of hydrogen-bond donors (Lipinski definition) is 2. The standard InChI is InChI=1S/C11H14N2O2/c12-8-3-4-9(11(14)15)10(7-8)13-5-1-2-6-13/h3-4,7H,1-2,5-6,12H2,(H,14,15). The number of rotatable bonds is 2. The van der Waals surface area contributed by atoms with Crippen LogP contribution in [0.1, 0.15) is 23.2 Å². The lowest BCUT2D eigenvalue weighted by molar-refractivity contribution is 0.0697. The third-order valence-electron chi connectivity index (χ3n) is 2.70. The minimum Gasteiger partial charge on any atom is -0.478 e. The molecule has 1 fully saturated rings. The van der Waals surface area contributed by atoms with Crippen LogP contribution >= 0.6 is 0 Å². The second-order valence-electron chi connectivity index (χ2n) is 3.78. The maximum atomic E-state index is 11.0. The number of hydrogen-bond acceptors (Lipinski definition) is 3. The summed E-state index contributed by atoms with van der Waals surface area (Å²) >= 11 is 0. The van der Waals surface area contributed by atoms with Crippen molar-refractivity contribution in [2.75, 3.05) is 23.7 Å². The van der Waals surface area contributed by atoms with E-state index < -0.39 is 5.97 Å². The highest BCUT2D eigenvalue weighted by molar-refractivity contribution is 5.95. The molecule has 1 saturated heterocycles. The highest BCUT2D eigenvalue weighted by atomic mass is 16.4.